The molecule has 0 fully saturated rings. The number of rotatable bonds is 5. The SMILES string of the molecule is Cc1ncc(CNCc2c(C(=O)O)sc3ccccc23)s1. The maximum Gasteiger partial charge on any atom is 0.346 e. The number of hydrogen-bond donors (Lipinski definition) is 2. The van der Waals surface area contributed by atoms with Gasteiger partial charge in [0.1, 0.15) is 4.88 Å². The summed E-state index contributed by atoms with van der Waals surface area (Å²) in [7, 11) is 0. The molecule has 6 heteroatoms. The van der Waals surface area contributed by atoms with Crippen LogP contribution >= 0.6 is 22.7 Å². The van der Waals surface area contributed by atoms with Crippen molar-refractivity contribution in [2.45, 2.75) is 20.0 Å². The molecule has 0 amide bonds. The van der Waals surface area contributed by atoms with Crippen molar-refractivity contribution >= 4 is 38.7 Å². The number of aromatic nitrogens is 1. The molecule has 108 valence electrons. The Morgan fingerprint density at radius 1 is 1.29 bits per heavy atom. The highest BCUT2D eigenvalue weighted by atomic mass is 32.1. The van der Waals surface area contributed by atoms with Gasteiger partial charge in [-0.15, -0.1) is 22.7 Å². The van der Waals surface area contributed by atoms with Gasteiger partial charge < -0.3 is 10.4 Å². The summed E-state index contributed by atoms with van der Waals surface area (Å²) < 4.78 is 1.01. The lowest BCUT2D eigenvalue weighted by Gasteiger charge is -2.04. The lowest BCUT2D eigenvalue weighted by molar-refractivity contribution is 0.0701. The van der Waals surface area contributed by atoms with Crippen molar-refractivity contribution in [1.29, 1.82) is 0 Å². The lowest BCUT2D eigenvalue weighted by atomic mass is 10.1. The first kappa shape index (κ1) is 14.2. The second-order valence-corrected chi connectivity index (χ2v) is 7.03. The lowest BCUT2D eigenvalue weighted by Crippen LogP contribution is -2.13. The van der Waals surface area contributed by atoms with E-state index in [4.69, 9.17) is 0 Å². The summed E-state index contributed by atoms with van der Waals surface area (Å²) in [4.78, 5) is 17.2. The number of thiazole rings is 1. The summed E-state index contributed by atoms with van der Waals surface area (Å²) in [5.41, 5.74) is 0.865. The molecular formula is C15H14N2O2S2. The molecule has 0 radical (unpaired) electrons. The van der Waals surface area contributed by atoms with Gasteiger partial charge in [0.15, 0.2) is 0 Å². The van der Waals surface area contributed by atoms with Crippen molar-refractivity contribution in [1.82, 2.24) is 10.3 Å². The summed E-state index contributed by atoms with van der Waals surface area (Å²) in [6, 6.07) is 7.81. The van der Waals surface area contributed by atoms with Gasteiger partial charge in [-0.3, -0.25) is 0 Å². The summed E-state index contributed by atoms with van der Waals surface area (Å²) in [5.74, 6) is -0.860. The minimum atomic E-state index is -0.860. The quantitative estimate of drug-likeness (QED) is 0.754. The molecule has 0 aliphatic heterocycles. The summed E-state index contributed by atoms with van der Waals surface area (Å²) in [6.07, 6.45) is 1.86. The van der Waals surface area contributed by atoms with Crippen molar-refractivity contribution < 1.29 is 9.90 Å². The normalized spacial score (nSPS) is 11.1. The Bertz CT molecular complexity index is 792. The number of aryl methyl sites for hydroxylation is 1. The van der Waals surface area contributed by atoms with E-state index in [0.29, 0.717) is 18.0 Å². The third kappa shape index (κ3) is 2.97. The molecule has 0 unspecified atom stereocenters. The maximum absolute atomic E-state index is 11.4. The number of nitrogens with one attached hydrogen (secondary N) is 1. The number of nitrogens with zero attached hydrogens (tertiary/aromatic N) is 1. The molecular weight excluding hydrogens is 304 g/mol. The van der Waals surface area contributed by atoms with Crippen LogP contribution in [-0.4, -0.2) is 16.1 Å². The van der Waals surface area contributed by atoms with Gasteiger partial charge in [-0.25, -0.2) is 9.78 Å². The van der Waals surface area contributed by atoms with Gasteiger partial charge >= 0.3 is 5.97 Å². The number of thiophene rings is 1. The van der Waals surface area contributed by atoms with Crippen LogP contribution in [0.5, 0.6) is 0 Å². The minimum Gasteiger partial charge on any atom is -0.477 e. The Labute approximate surface area is 130 Å². The molecule has 2 N–H and O–H groups in total. The van der Waals surface area contributed by atoms with E-state index in [9.17, 15) is 9.90 Å². The van der Waals surface area contributed by atoms with Crippen LogP contribution in [-0.2, 0) is 13.1 Å². The topological polar surface area (TPSA) is 62.2 Å². The molecule has 3 aromatic rings. The minimum absolute atomic E-state index is 0.421. The predicted octanol–water partition coefficient (Wildman–Crippen LogP) is 3.65. The number of carbonyl (C=O) groups is 1. The van der Waals surface area contributed by atoms with Crippen molar-refractivity contribution in [3.8, 4) is 0 Å². The molecule has 21 heavy (non-hydrogen) atoms. The monoisotopic (exact) mass is 318 g/mol. The third-order valence-electron chi connectivity index (χ3n) is 3.16. The fraction of sp³-hybridized carbons (Fsp3) is 0.200. The highest BCUT2D eigenvalue weighted by Crippen LogP contribution is 2.31. The van der Waals surface area contributed by atoms with Crippen LogP contribution in [0.1, 0.15) is 25.1 Å². The highest BCUT2D eigenvalue weighted by Gasteiger charge is 2.16. The average Bonchev–Trinajstić information content (AvgIpc) is 3.03. The first-order chi connectivity index (χ1) is 10.1. The highest BCUT2D eigenvalue weighted by molar-refractivity contribution is 7.21. The third-order valence-corrected chi connectivity index (χ3v) is 5.28. The second kappa shape index (κ2) is 5.93. The zero-order valence-corrected chi connectivity index (χ0v) is 13.1. The van der Waals surface area contributed by atoms with Crippen molar-refractivity contribution in [3.05, 3.63) is 50.8 Å². The zero-order valence-electron chi connectivity index (χ0n) is 11.4. The number of fused-ring (bicyclic) bond motifs is 1. The van der Waals surface area contributed by atoms with Crippen LogP contribution in [0.15, 0.2) is 30.5 Å². The number of carboxylic acids is 1. The van der Waals surface area contributed by atoms with Crippen molar-refractivity contribution in [2.75, 3.05) is 0 Å². The number of carboxylic acid groups (broad SMARTS) is 1. The van der Waals surface area contributed by atoms with Crippen molar-refractivity contribution in [2.24, 2.45) is 0 Å². The van der Waals surface area contributed by atoms with E-state index in [1.807, 2.05) is 37.4 Å². The molecule has 1 aromatic carbocycles. The van der Waals surface area contributed by atoms with E-state index >= 15 is 0 Å². The number of benzene rings is 1. The van der Waals surface area contributed by atoms with E-state index in [-0.39, 0.29) is 0 Å². The molecule has 0 aliphatic rings. The standard InChI is InChI=1S/C15H14N2O2S2/c1-9-17-7-10(20-9)6-16-8-12-11-4-2-3-5-13(11)21-14(12)15(18)19/h2-5,7,16H,6,8H2,1H3,(H,18,19). The Morgan fingerprint density at radius 2 is 2.10 bits per heavy atom. The Kier molecular flexibility index (Phi) is 4.01. The zero-order chi connectivity index (χ0) is 14.8. The van der Waals surface area contributed by atoms with Crippen LogP contribution in [0.4, 0.5) is 0 Å². The van der Waals surface area contributed by atoms with Gasteiger partial charge in [0, 0.05) is 28.9 Å². The molecule has 0 saturated heterocycles. The molecule has 0 spiro atoms. The van der Waals surface area contributed by atoms with Crippen LogP contribution in [0.3, 0.4) is 0 Å². The molecule has 0 aliphatic carbocycles. The second-order valence-electron chi connectivity index (χ2n) is 4.66. The first-order valence-electron chi connectivity index (χ1n) is 6.51. The van der Waals surface area contributed by atoms with Gasteiger partial charge in [0.05, 0.1) is 5.01 Å². The predicted molar refractivity (Wildman–Crippen MR) is 86.2 cm³/mol. The maximum atomic E-state index is 11.4. The van der Waals surface area contributed by atoms with Crippen LogP contribution in [0, 0.1) is 6.92 Å². The fourth-order valence-corrected chi connectivity index (χ4v) is 4.07. The molecule has 2 heterocycles. The van der Waals surface area contributed by atoms with Crippen LogP contribution in [0.25, 0.3) is 10.1 Å². The molecule has 0 saturated carbocycles. The van der Waals surface area contributed by atoms with Gasteiger partial charge in [0.25, 0.3) is 0 Å². The van der Waals surface area contributed by atoms with Gasteiger partial charge in [-0.05, 0) is 23.9 Å². The largest absolute Gasteiger partial charge is 0.477 e. The summed E-state index contributed by atoms with van der Waals surface area (Å²) in [6.45, 7) is 3.22. The van der Waals surface area contributed by atoms with E-state index in [2.05, 4.69) is 10.3 Å². The van der Waals surface area contributed by atoms with Gasteiger partial charge in [-0.2, -0.15) is 0 Å². The molecule has 3 rings (SSSR count). The van der Waals surface area contributed by atoms with Crippen LogP contribution < -0.4 is 5.32 Å². The van der Waals surface area contributed by atoms with Gasteiger partial charge in [-0.1, -0.05) is 18.2 Å². The number of hydrogen-bond acceptors (Lipinski definition) is 5. The van der Waals surface area contributed by atoms with Crippen molar-refractivity contribution in [3.63, 3.8) is 0 Å². The van der Waals surface area contributed by atoms with E-state index < -0.39 is 5.97 Å². The number of aromatic carboxylic acids is 1. The fourth-order valence-electron chi connectivity index (χ4n) is 2.24. The molecule has 0 atom stereocenters. The van der Waals surface area contributed by atoms with E-state index in [1.165, 1.54) is 11.3 Å². The van der Waals surface area contributed by atoms with E-state index in [1.54, 1.807) is 11.3 Å². The smallest absolute Gasteiger partial charge is 0.346 e. The van der Waals surface area contributed by atoms with Crippen LogP contribution in [0.2, 0.25) is 0 Å². The molecule has 2 aromatic heterocycles. The van der Waals surface area contributed by atoms with E-state index in [0.717, 1.165) is 25.5 Å². The summed E-state index contributed by atoms with van der Waals surface area (Å²) >= 11 is 2.98. The first-order valence-corrected chi connectivity index (χ1v) is 8.14. The Hall–Kier alpha value is -1.76. The van der Waals surface area contributed by atoms with Gasteiger partial charge in [0.2, 0.25) is 0 Å². The summed E-state index contributed by atoms with van der Waals surface area (Å²) in [5, 5.41) is 14.7. The Balaban J connectivity index is 1.82. The molecule has 4 nitrogen and oxygen atoms in total. The molecule has 0 bridgehead atoms. The average molecular weight is 318 g/mol. The Morgan fingerprint density at radius 3 is 2.81 bits per heavy atom.